The largest absolute Gasteiger partial charge is 0.368 e. The van der Waals surface area contributed by atoms with Gasteiger partial charge in [0.05, 0.1) is 15.5 Å². The van der Waals surface area contributed by atoms with Crippen LogP contribution in [-0.2, 0) is 10.0 Å². The van der Waals surface area contributed by atoms with Gasteiger partial charge in [-0.15, -0.1) is 0 Å². The fourth-order valence-corrected chi connectivity index (χ4v) is 5.39. The topological polar surface area (TPSA) is 60.9 Å². The Kier molecular flexibility index (Phi) is 7.06. The number of carbonyl (C=O) groups excluding carboxylic acids is 1. The number of hydrogen-bond acceptors (Lipinski definition) is 4. The summed E-state index contributed by atoms with van der Waals surface area (Å²) in [5, 5.41) is 0.264. The number of halogens is 1. The zero-order valence-corrected chi connectivity index (χ0v) is 19.2. The summed E-state index contributed by atoms with van der Waals surface area (Å²) >= 11 is 6.28. The second-order valence-corrected chi connectivity index (χ2v) is 9.69. The van der Waals surface area contributed by atoms with Gasteiger partial charge in [0.1, 0.15) is 0 Å². The van der Waals surface area contributed by atoms with Gasteiger partial charge in [-0.3, -0.25) is 4.79 Å². The predicted molar refractivity (Wildman–Crippen MR) is 121 cm³/mol. The average molecular weight is 450 g/mol. The molecule has 3 rings (SSSR count). The average Bonchev–Trinajstić information content (AvgIpc) is 2.74. The summed E-state index contributed by atoms with van der Waals surface area (Å²) < 4.78 is 27.0. The second kappa shape index (κ2) is 9.37. The summed E-state index contributed by atoms with van der Waals surface area (Å²) in [5.41, 5.74) is 2.57. The van der Waals surface area contributed by atoms with E-state index in [9.17, 15) is 13.2 Å². The molecule has 30 heavy (non-hydrogen) atoms. The molecule has 0 radical (unpaired) electrons. The van der Waals surface area contributed by atoms with Crippen LogP contribution in [0.25, 0.3) is 0 Å². The lowest BCUT2D eigenvalue weighted by molar-refractivity contribution is 0.0746. The first-order valence-electron chi connectivity index (χ1n) is 10.2. The summed E-state index contributed by atoms with van der Waals surface area (Å²) in [6.45, 7) is 8.90. The molecular weight excluding hydrogens is 422 g/mol. The quantitative estimate of drug-likeness (QED) is 0.675. The molecule has 1 heterocycles. The number of carbonyl (C=O) groups is 1. The van der Waals surface area contributed by atoms with E-state index in [1.807, 2.05) is 6.07 Å². The third-order valence-corrected chi connectivity index (χ3v) is 7.82. The minimum absolute atomic E-state index is 0.0948. The van der Waals surface area contributed by atoms with Gasteiger partial charge in [-0.25, -0.2) is 8.42 Å². The Hall–Kier alpha value is -2.09. The lowest BCUT2D eigenvalue weighted by atomic mass is 10.1. The van der Waals surface area contributed by atoms with Crippen LogP contribution in [-0.4, -0.2) is 62.8 Å². The molecular formula is C22H28ClN3O3S. The minimum atomic E-state index is -3.66. The number of rotatable bonds is 6. The van der Waals surface area contributed by atoms with E-state index in [2.05, 4.69) is 30.0 Å². The van der Waals surface area contributed by atoms with Gasteiger partial charge in [0.15, 0.2) is 0 Å². The van der Waals surface area contributed by atoms with Crippen LogP contribution in [0, 0.1) is 6.92 Å². The van der Waals surface area contributed by atoms with Gasteiger partial charge in [0.2, 0.25) is 10.0 Å². The van der Waals surface area contributed by atoms with Crippen LogP contribution in [0.2, 0.25) is 5.02 Å². The minimum Gasteiger partial charge on any atom is -0.368 e. The Balaban J connectivity index is 1.78. The van der Waals surface area contributed by atoms with Crippen LogP contribution in [0.3, 0.4) is 0 Å². The molecule has 2 aromatic carbocycles. The first kappa shape index (κ1) is 22.6. The summed E-state index contributed by atoms with van der Waals surface area (Å²) in [5.74, 6) is -0.236. The van der Waals surface area contributed by atoms with Crippen molar-refractivity contribution in [3.63, 3.8) is 0 Å². The summed E-state index contributed by atoms with van der Waals surface area (Å²) in [7, 11) is -3.66. The van der Waals surface area contributed by atoms with E-state index in [1.54, 1.807) is 18.7 Å². The monoisotopic (exact) mass is 449 g/mol. The lowest BCUT2D eigenvalue weighted by Crippen LogP contribution is -2.48. The molecule has 0 N–H and O–H groups in total. The Morgan fingerprint density at radius 2 is 1.70 bits per heavy atom. The summed E-state index contributed by atoms with van der Waals surface area (Å²) in [4.78, 5) is 17.2. The van der Waals surface area contributed by atoms with Crippen molar-refractivity contribution >= 4 is 33.2 Å². The van der Waals surface area contributed by atoms with E-state index >= 15 is 0 Å². The SMILES string of the molecule is CCN(CC)S(=O)(=O)c1ccc(Cl)c(C(=O)N2CCN(c3cccc(C)c3)CC2)c1. The zero-order chi connectivity index (χ0) is 21.9. The molecule has 1 aliphatic rings. The first-order valence-corrected chi connectivity index (χ1v) is 12.0. The Morgan fingerprint density at radius 1 is 1.03 bits per heavy atom. The van der Waals surface area contributed by atoms with Crippen molar-refractivity contribution < 1.29 is 13.2 Å². The highest BCUT2D eigenvalue weighted by Gasteiger charge is 2.27. The summed E-state index contributed by atoms with van der Waals surface area (Å²) in [6, 6.07) is 12.7. The molecule has 1 amide bonds. The van der Waals surface area contributed by atoms with Gasteiger partial charge in [0.25, 0.3) is 5.91 Å². The van der Waals surface area contributed by atoms with E-state index in [4.69, 9.17) is 11.6 Å². The molecule has 0 saturated carbocycles. The number of hydrogen-bond donors (Lipinski definition) is 0. The van der Waals surface area contributed by atoms with E-state index in [0.717, 1.165) is 5.69 Å². The predicted octanol–water partition coefficient (Wildman–Crippen LogP) is 3.64. The maximum atomic E-state index is 13.1. The molecule has 162 valence electrons. The van der Waals surface area contributed by atoms with Crippen LogP contribution in [0.1, 0.15) is 29.8 Å². The first-order chi connectivity index (χ1) is 14.3. The van der Waals surface area contributed by atoms with Crippen molar-refractivity contribution in [1.82, 2.24) is 9.21 Å². The molecule has 0 aliphatic carbocycles. The van der Waals surface area contributed by atoms with E-state index in [-0.39, 0.29) is 21.4 Å². The number of anilines is 1. The van der Waals surface area contributed by atoms with Crippen molar-refractivity contribution in [2.45, 2.75) is 25.7 Å². The molecule has 1 fully saturated rings. The highest BCUT2D eigenvalue weighted by molar-refractivity contribution is 7.89. The van der Waals surface area contributed by atoms with Gasteiger partial charge < -0.3 is 9.80 Å². The van der Waals surface area contributed by atoms with Crippen molar-refractivity contribution in [2.75, 3.05) is 44.2 Å². The molecule has 0 unspecified atom stereocenters. The Morgan fingerprint density at radius 3 is 2.30 bits per heavy atom. The maximum Gasteiger partial charge on any atom is 0.255 e. The van der Waals surface area contributed by atoms with Crippen LogP contribution in [0.4, 0.5) is 5.69 Å². The number of sulfonamides is 1. The molecule has 0 aromatic heterocycles. The summed E-state index contributed by atoms with van der Waals surface area (Å²) in [6.07, 6.45) is 0. The number of piperazine rings is 1. The van der Waals surface area contributed by atoms with Crippen LogP contribution in [0.15, 0.2) is 47.4 Å². The van der Waals surface area contributed by atoms with Crippen molar-refractivity contribution in [2.24, 2.45) is 0 Å². The van der Waals surface area contributed by atoms with Crippen LogP contribution >= 0.6 is 11.6 Å². The van der Waals surface area contributed by atoms with E-state index < -0.39 is 10.0 Å². The molecule has 0 spiro atoms. The lowest BCUT2D eigenvalue weighted by Gasteiger charge is -2.36. The fourth-order valence-electron chi connectivity index (χ4n) is 3.70. The third kappa shape index (κ3) is 4.63. The molecule has 0 atom stereocenters. The zero-order valence-electron chi connectivity index (χ0n) is 17.6. The van der Waals surface area contributed by atoms with Crippen molar-refractivity contribution in [1.29, 1.82) is 0 Å². The number of benzene rings is 2. The maximum absolute atomic E-state index is 13.1. The van der Waals surface area contributed by atoms with Crippen LogP contribution < -0.4 is 4.90 Å². The van der Waals surface area contributed by atoms with Gasteiger partial charge in [-0.05, 0) is 42.8 Å². The standard InChI is InChI=1S/C22H28ClN3O3S/c1-4-26(5-2)30(28,29)19-9-10-21(23)20(16-19)22(27)25-13-11-24(12-14-25)18-8-6-7-17(3)15-18/h6-10,15-16H,4-5,11-14H2,1-3H3. The van der Waals surface area contributed by atoms with E-state index in [0.29, 0.717) is 39.3 Å². The molecule has 6 nitrogen and oxygen atoms in total. The van der Waals surface area contributed by atoms with Gasteiger partial charge in [0, 0.05) is 45.0 Å². The molecule has 2 aromatic rings. The molecule has 1 saturated heterocycles. The Labute approximate surface area is 184 Å². The number of aryl methyl sites for hydroxylation is 1. The third-order valence-electron chi connectivity index (χ3n) is 5.45. The molecule has 0 bridgehead atoms. The van der Waals surface area contributed by atoms with Gasteiger partial charge in [-0.1, -0.05) is 37.6 Å². The highest BCUT2D eigenvalue weighted by atomic mass is 35.5. The molecule has 1 aliphatic heterocycles. The normalized spacial score (nSPS) is 15.0. The number of nitrogens with zero attached hydrogens (tertiary/aromatic N) is 3. The second-order valence-electron chi connectivity index (χ2n) is 7.35. The fraction of sp³-hybridized carbons (Fsp3) is 0.409. The van der Waals surface area contributed by atoms with Crippen molar-refractivity contribution in [3.8, 4) is 0 Å². The van der Waals surface area contributed by atoms with Gasteiger partial charge in [-0.2, -0.15) is 4.31 Å². The van der Waals surface area contributed by atoms with E-state index in [1.165, 1.54) is 28.1 Å². The van der Waals surface area contributed by atoms with Crippen LogP contribution in [0.5, 0.6) is 0 Å². The Bertz CT molecular complexity index is 1010. The smallest absolute Gasteiger partial charge is 0.255 e. The highest BCUT2D eigenvalue weighted by Crippen LogP contribution is 2.25. The van der Waals surface area contributed by atoms with Gasteiger partial charge >= 0.3 is 0 Å². The number of amides is 1. The molecule has 8 heteroatoms. The van der Waals surface area contributed by atoms with Crippen molar-refractivity contribution in [3.05, 3.63) is 58.6 Å².